The van der Waals surface area contributed by atoms with Crippen LogP contribution in [0.5, 0.6) is 0 Å². The van der Waals surface area contributed by atoms with Gasteiger partial charge >= 0.3 is 0 Å². The molecule has 0 radical (unpaired) electrons. The summed E-state index contributed by atoms with van der Waals surface area (Å²) in [5.41, 5.74) is 1.88. The van der Waals surface area contributed by atoms with Gasteiger partial charge in [-0.25, -0.2) is 0 Å². The first-order valence-corrected chi connectivity index (χ1v) is 6.16. The van der Waals surface area contributed by atoms with Crippen LogP contribution >= 0.6 is 11.6 Å². The maximum atomic E-state index is 12.1. The van der Waals surface area contributed by atoms with Gasteiger partial charge in [0, 0.05) is 5.56 Å². The van der Waals surface area contributed by atoms with Crippen molar-refractivity contribution in [3.63, 3.8) is 0 Å². The normalized spacial score (nSPS) is 11.6. The van der Waals surface area contributed by atoms with Gasteiger partial charge in [0.05, 0.1) is 0 Å². The van der Waals surface area contributed by atoms with E-state index in [1.54, 1.807) is 12.1 Å². The van der Waals surface area contributed by atoms with Crippen molar-refractivity contribution in [3.05, 3.63) is 58.5 Å². The minimum atomic E-state index is -0.151. The smallest absolute Gasteiger partial charge is 0.228 e. The summed E-state index contributed by atoms with van der Waals surface area (Å²) in [6, 6.07) is 10.7. The molecule has 18 heavy (non-hydrogen) atoms. The fourth-order valence-corrected chi connectivity index (χ4v) is 1.85. The third-order valence-electron chi connectivity index (χ3n) is 2.81. The van der Waals surface area contributed by atoms with Crippen LogP contribution in [0.25, 0.3) is 0 Å². The molecule has 0 aliphatic heterocycles. The Balaban J connectivity index is 2.28. The molecule has 0 N–H and O–H groups in total. The van der Waals surface area contributed by atoms with Gasteiger partial charge in [0.25, 0.3) is 0 Å². The molecule has 0 bridgehead atoms. The Kier molecular flexibility index (Phi) is 3.31. The van der Waals surface area contributed by atoms with E-state index in [1.165, 1.54) is 5.56 Å². The molecule has 0 fully saturated rings. The van der Waals surface area contributed by atoms with E-state index in [-0.39, 0.29) is 22.2 Å². The van der Waals surface area contributed by atoms with Gasteiger partial charge in [-0.15, -0.1) is 0 Å². The molecule has 0 amide bonds. The number of hydrogen-bond donors (Lipinski definition) is 0. The van der Waals surface area contributed by atoms with Crippen molar-refractivity contribution in [2.24, 2.45) is 0 Å². The summed E-state index contributed by atoms with van der Waals surface area (Å²) < 4.78 is 5.11. The molecular formula is C15H15ClO2. The summed E-state index contributed by atoms with van der Waals surface area (Å²) >= 11 is 5.66. The zero-order valence-electron chi connectivity index (χ0n) is 10.7. The van der Waals surface area contributed by atoms with Gasteiger partial charge in [0.1, 0.15) is 0 Å². The quantitative estimate of drug-likeness (QED) is 0.748. The highest BCUT2D eigenvalue weighted by Crippen LogP contribution is 2.23. The number of hydrogen-bond acceptors (Lipinski definition) is 2. The Bertz CT molecular complexity index is 559. The van der Waals surface area contributed by atoms with Gasteiger partial charge in [-0.1, -0.05) is 45.0 Å². The van der Waals surface area contributed by atoms with E-state index in [2.05, 4.69) is 20.8 Å². The molecule has 2 rings (SSSR count). The molecule has 1 heterocycles. The highest BCUT2D eigenvalue weighted by molar-refractivity contribution is 6.29. The van der Waals surface area contributed by atoms with Crippen molar-refractivity contribution < 1.29 is 9.21 Å². The van der Waals surface area contributed by atoms with Crippen LogP contribution in [0.3, 0.4) is 0 Å². The topological polar surface area (TPSA) is 30.2 Å². The van der Waals surface area contributed by atoms with Gasteiger partial charge in [0.2, 0.25) is 5.78 Å². The van der Waals surface area contributed by atoms with Crippen LogP contribution in [-0.4, -0.2) is 5.78 Å². The van der Waals surface area contributed by atoms with E-state index in [1.807, 2.05) is 24.3 Å². The molecule has 0 atom stereocenters. The van der Waals surface area contributed by atoms with Crippen molar-refractivity contribution in [1.82, 2.24) is 0 Å². The molecule has 0 saturated heterocycles. The fourth-order valence-electron chi connectivity index (χ4n) is 1.70. The average Bonchev–Trinajstić information content (AvgIpc) is 2.74. The lowest BCUT2D eigenvalue weighted by Crippen LogP contribution is -2.11. The molecule has 1 aromatic heterocycles. The van der Waals surface area contributed by atoms with E-state index in [0.717, 1.165) is 0 Å². The predicted molar refractivity (Wildman–Crippen MR) is 72.3 cm³/mol. The first-order valence-electron chi connectivity index (χ1n) is 5.78. The third kappa shape index (κ3) is 2.65. The minimum Gasteiger partial charge on any atom is -0.441 e. The third-order valence-corrected chi connectivity index (χ3v) is 3.01. The van der Waals surface area contributed by atoms with Gasteiger partial charge < -0.3 is 4.42 Å². The monoisotopic (exact) mass is 262 g/mol. The lowest BCUT2D eigenvalue weighted by atomic mass is 9.86. The lowest BCUT2D eigenvalue weighted by Gasteiger charge is -2.18. The number of ketones is 1. The number of rotatable bonds is 2. The fraction of sp³-hybridized carbons (Fsp3) is 0.267. The summed E-state index contributed by atoms with van der Waals surface area (Å²) in [6.45, 7) is 6.41. The zero-order valence-corrected chi connectivity index (χ0v) is 11.4. The predicted octanol–water partition coefficient (Wildman–Crippen LogP) is 4.46. The molecule has 0 unspecified atom stereocenters. The molecule has 2 aromatic rings. The van der Waals surface area contributed by atoms with Crippen molar-refractivity contribution >= 4 is 17.4 Å². The molecular weight excluding hydrogens is 248 g/mol. The van der Waals surface area contributed by atoms with Crippen molar-refractivity contribution in [2.75, 3.05) is 0 Å². The molecule has 1 aromatic carbocycles. The molecule has 0 aliphatic rings. The summed E-state index contributed by atoms with van der Waals surface area (Å²) in [6.07, 6.45) is 0. The van der Waals surface area contributed by atoms with Crippen LogP contribution in [0, 0.1) is 0 Å². The molecule has 2 nitrogen and oxygen atoms in total. The summed E-state index contributed by atoms with van der Waals surface area (Å²) in [5.74, 6) is 0.117. The number of carbonyl (C=O) groups is 1. The van der Waals surface area contributed by atoms with Crippen LogP contribution < -0.4 is 0 Å². The van der Waals surface area contributed by atoms with Gasteiger partial charge in [-0.3, -0.25) is 4.79 Å². The highest BCUT2D eigenvalue weighted by Gasteiger charge is 2.16. The van der Waals surface area contributed by atoms with Crippen LogP contribution in [0.1, 0.15) is 42.5 Å². The van der Waals surface area contributed by atoms with Crippen molar-refractivity contribution in [1.29, 1.82) is 0 Å². The second-order valence-corrected chi connectivity index (χ2v) is 5.63. The largest absolute Gasteiger partial charge is 0.441 e. The van der Waals surface area contributed by atoms with E-state index < -0.39 is 0 Å². The van der Waals surface area contributed by atoms with Gasteiger partial charge in [-0.05, 0) is 34.7 Å². The van der Waals surface area contributed by atoms with E-state index in [0.29, 0.717) is 5.56 Å². The Hall–Kier alpha value is -1.54. The molecule has 3 heteroatoms. The van der Waals surface area contributed by atoms with Crippen LogP contribution in [-0.2, 0) is 5.41 Å². The van der Waals surface area contributed by atoms with Crippen LogP contribution in [0.15, 0.2) is 40.8 Å². The van der Waals surface area contributed by atoms with E-state index >= 15 is 0 Å². The van der Waals surface area contributed by atoms with Crippen LogP contribution in [0.2, 0.25) is 5.22 Å². The number of furan rings is 1. The molecule has 0 spiro atoms. The van der Waals surface area contributed by atoms with Gasteiger partial charge in [0.15, 0.2) is 11.0 Å². The Morgan fingerprint density at radius 3 is 2.11 bits per heavy atom. The number of halogens is 1. The van der Waals surface area contributed by atoms with Crippen LogP contribution in [0.4, 0.5) is 0 Å². The summed E-state index contributed by atoms with van der Waals surface area (Å²) in [5, 5.41) is 0.227. The molecule has 0 saturated carbocycles. The average molecular weight is 263 g/mol. The van der Waals surface area contributed by atoms with E-state index in [9.17, 15) is 4.79 Å². The second kappa shape index (κ2) is 4.62. The first kappa shape index (κ1) is 12.9. The van der Waals surface area contributed by atoms with Crippen molar-refractivity contribution in [2.45, 2.75) is 26.2 Å². The lowest BCUT2D eigenvalue weighted by molar-refractivity contribution is 0.101. The van der Waals surface area contributed by atoms with Crippen molar-refractivity contribution in [3.8, 4) is 0 Å². The molecule has 94 valence electrons. The summed E-state index contributed by atoms with van der Waals surface area (Å²) in [4.78, 5) is 12.1. The second-order valence-electron chi connectivity index (χ2n) is 5.26. The SMILES string of the molecule is CC(C)(C)c1ccc(C(=O)c2ccc(Cl)o2)cc1. The maximum absolute atomic E-state index is 12.1. The number of benzene rings is 1. The Labute approximate surface area is 112 Å². The zero-order chi connectivity index (χ0) is 13.3. The highest BCUT2D eigenvalue weighted by atomic mass is 35.5. The molecule has 0 aliphatic carbocycles. The standard InChI is InChI=1S/C15H15ClO2/c1-15(2,3)11-6-4-10(5-7-11)14(17)12-8-9-13(16)18-12/h4-9H,1-3H3. The Morgan fingerprint density at radius 2 is 1.67 bits per heavy atom. The van der Waals surface area contributed by atoms with Gasteiger partial charge in [-0.2, -0.15) is 0 Å². The Morgan fingerprint density at radius 1 is 1.06 bits per heavy atom. The minimum absolute atomic E-state index is 0.0789. The maximum Gasteiger partial charge on any atom is 0.228 e. The first-order chi connectivity index (χ1) is 8.38. The number of carbonyl (C=O) groups excluding carboxylic acids is 1. The van der Waals surface area contributed by atoms with E-state index in [4.69, 9.17) is 16.0 Å². The summed E-state index contributed by atoms with van der Waals surface area (Å²) in [7, 11) is 0.